The van der Waals surface area contributed by atoms with Crippen LogP contribution in [0.3, 0.4) is 0 Å². The molecular formula is C28H40O6. The third-order valence-electron chi connectivity index (χ3n) is 6.98. The van der Waals surface area contributed by atoms with Gasteiger partial charge in [0.05, 0.1) is 6.61 Å². The van der Waals surface area contributed by atoms with Crippen LogP contribution in [0.5, 0.6) is 0 Å². The van der Waals surface area contributed by atoms with E-state index in [1.54, 1.807) is 19.1 Å². The lowest BCUT2D eigenvalue weighted by molar-refractivity contribution is -0.228. The molecule has 6 N–H and O–H groups in total. The Labute approximate surface area is 202 Å². The molecule has 5 atom stereocenters. The third-order valence-corrected chi connectivity index (χ3v) is 6.98. The van der Waals surface area contributed by atoms with Crippen molar-refractivity contribution in [2.75, 3.05) is 6.61 Å². The lowest BCUT2D eigenvalue weighted by Gasteiger charge is -2.46. The van der Waals surface area contributed by atoms with Gasteiger partial charge in [0, 0.05) is 12.8 Å². The SMILES string of the molecule is C/C=C/CC(O)(Cc1c(C)cccc1C)[C@@H](O)[C@@](O)(Cc1c(C)cccc1C)[C@H](O)[C@@H](O)CO. The zero-order valence-electron chi connectivity index (χ0n) is 20.9. The highest BCUT2D eigenvalue weighted by atomic mass is 16.4. The predicted octanol–water partition coefficient (Wildman–Crippen LogP) is 2.21. The van der Waals surface area contributed by atoms with E-state index in [1.807, 2.05) is 64.1 Å². The monoisotopic (exact) mass is 472 g/mol. The van der Waals surface area contributed by atoms with E-state index in [-0.39, 0.29) is 19.3 Å². The van der Waals surface area contributed by atoms with Crippen molar-refractivity contribution >= 4 is 0 Å². The predicted molar refractivity (Wildman–Crippen MR) is 134 cm³/mol. The average Bonchev–Trinajstić information content (AvgIpc) is 2.81. The van der Waals surface area contributed by atoms with Crippen molar-refractivity contribution in [2.24, 2.45) is 0 Å². The molecular weight excluding hydrogens is 432 g/mol. The topological polar surface area (TPSA) is 121 Å². The third kappa shape index (κ3) is 5.95. The van der Waals surface area contributed by atoms with Crippen LogP contribution in [0.1, 0.15) is 46.7 Å². The Morgan fingerprint density at radius 2 is 1.24 bits per heavy atom. The molecule has 0 spiro atoms. The molecule has 0 radical (unpaired) electrons. The molecule has 0 aromatic heterocycles. The van der Waals surface area contributed by atoms with Crippen molar-refractivity contribution in [1.29, 1.82) is 0 Å². The van der Waals surface area contributed by atoms with E-state index in [2.05, 4.69) is 0 Å². The second kappa shape index (κ2) is 11.6. The number of aliphatic hydroxyl groups excluding tert-OH is 4. The molecule has 0 fully saturated rings. The Balaban J connectivity index is 2.65. The largest absolute Gasteiger partial charge is 0.394 e. The molecule has 0 heterocycles. The number of benzene rings is 2. The van der Waals surface area contributed by atoms with Crippen molar-refractivity contribution in [1.82, 2.24) is 0 Å². The van der Waals surface area contributed by atoms with Gasteiger partial charge in [0.2, 0.25) is 0 Å². The maximum Gasteiger partial charge on any atom is 0.126 e. The molecule has 2 aromatic carbocycles. The second-order valence-electron chi connectivity index (χ2n) is 9.56. The van der Waals surface area contributed by atoms with Crippen molar-refractivity contribution in [3.8, 4) is 0 Å². The number of aryl methyl sites for hydroxylation is 4. The summed E-state index contributed by atoms with van der Waals surface area (Å²) in [5.41, 5.74) is 0.831. The van der Waals surface area contributed by atoms with Crippen molar-refractivity contribution in [2.45, 2.75) is 83.4 Å². The van der Waals surface area contributed by atoms with Gasteiger partial charge in [-0.1, -0.05) is 48.6 Å². The molecule has 0 aliphatic rings. The number of allylic oxidation sites excluding steroid dienone is 1. The number of rotatable bonds is 11. The normalized spacial score (nSPS) is 18.3. The first-order chi connectivity index (χ1) is 15.9. The summed E-state index contributed by atoms with van der Waals surface area (Å²) < 4.78 is 0. The fourth-order valence-electron chi connectivity index (χ4n) is 4.71. The van der Waals surface area contributed by atoms with Gasteiger partial charge >= 0.3 is 0 Å². The van der Waals surface area contributed by atoms with Crippen LogP contribution in [0.4, 0.5) is 0 Å². The first kappa shape index (κ1) is 28.2. The lowest BCUT2D eigenvalue weighted by atomic mass is 9.70. The molecule has 0 bridgehead atoms. The van der Waals surface area contributed by atoms with Gasteiger partial charge in [-0.2, -0.15) is 0 Å². The van der Waals surface area contributed by atoms with Crippen LogP contribution in [0.25, 0.3) is 0 Å². The maximum absolute atomic E-state index is 11.9. The summed E-state index contributed by atoms with van der Waals surface area (Å²) in [6.45, 7) is 8.52. The highest BCUT2D eigenvalue weighted by Gasteiger charge is 2.54. The number of aliphatic hydroxyl groups is 6. The zero-order chi connectivity index (χ0) is 25.7. The smallest absolute Gasteiger partial charge is 0.126 e. The summed E-state index contributed by atoms with van der Waals surface area (Å²) in [5.74, 6) is 0. The van der Waals surface area contributed by atoms with Crippen molar-refractivity contribution in [3.63, 3.8) is 0 Å². The molecule has 188 valence electrons. The highest BCUT2D eigenvalue weighted by molar-refractivity contribution is 5.37. The standard InChI is InChI=1S/C28H40O6/c1-6-7-14-27(33,15-22-18(2)10-8-11-19(22)3)26(32)28(34,25(31)24(30)17-29)16-23-20(4)12-9-13-21(23)5/h6-13,24-26,29-34H,14-17H2,1-5H3/b7-6+/t24-,25+,26+,27?,28+/m0/s1. The van der Waals surface area contributed by atoms with E-state index in [0.29, 0.717) is 5.56 Å². The van der Waals surface area contributed by atoms with Gasteiger partial charge in [-0.25, -0.2) is 0 Å². The van der Waals surface area contributed by atoms with Crippen molar-refractivity contribution in [3.05, 3.63) is 81.9 Å². The zero-order valence-corrected chi connectivity index (χ0v) is 20.9. The summed E-state index contributed by atoms with van der Waals surface area (Å²) in [6, 6.07) is 11.3. The molecule has 6 nitrogen and oxygen atoms in total. The summed E-state index contributed by atoms with van der Waals surface area (Å²) in [4.78, 5) is 0. The quantitative estimate of drug-likeness (QED) is 0.279. The molecule has 2 rings (SSSR count). The van der Waals surface area contributed by atoms with E-state index in [1.165, 1.54) is 0 Å². The van der Waals surface area contributed by atoms with Crippen LogP contribution >= 0.6 is 0 Å². The van der Waals surface area contributed by atoms with Crippen LogP contribution < -0.4 is 0 Å². The van der Waals surface area contributed by atoms with Crippen LogP contribution in [-0.4, -0.2) is 66.8 Å². The van der Waals surface area contributed by atoms with Gasteiger partial charge in [-0.15, -0.1) is 0 Å². The Morgan fingerprint density at radius 1 is 0.794 bits per heavy atom. The molecule has 0 aliphatic carbocycles. The Kier molecular flexibility index (Phi) is 9.60. The van der Waals surface area contributed by atoms with Crippen LogP contribution in [-0.2, 0) is 12.8 Å². The van der Waals surface area contributed by atoms with Gasteiger partial charge in [0.15, 0.2) is 0 Å². The van der Waals surface area contributed by atoms with Gasteiger partial charge in [-0.05, 0) is 74.4 Å². The van der Waals surface area contributed by atoms with Gasteiger partial charge < -0.3 is 30.6 Å². The van der Waals surface area contributed by atoms with E-state index in [9.17, 15) is 30.6 Å². The molecule has 6 heteroatoms. The maximum atomic E-state index is 11.9. The molecule has 0 saturated carbocycles. The minimum Gasteiger partial charge on any atom is -0.394 e. The number of hydrogen-bond donors (Lipinski definition) is 6. The molecule has 0 saturated heterocycles. The van der Waals surface area contributed by atoms with Crippen LogP contribution in [0.2, 0.25) is 0 Å². The summed E-state index contributed by atoms with van der Waals surface area (Å²) in [7, 11) is 0. The Bertz CT molecular complexity index is 946. The Morgan fingerprint density at radius 3 is 1.65 bits per heavy atom. The van der Waals surface area contributed by atoms with Crippen molar-refractivity contribution < 1.29 is 30.6 Å². The van der Waals surface area contributed by atoms with Crippen LogP contribution in [0, 0.1) is 27.7 Å². The fourth-order valence-corrected chi connectivity index (χ4v) is 4.71. The molecule has 0 amide bonds. The van der Waals surface area contributed by atoms with E-state index in [0.717, 1.165) is 27.8 Å². The van der Waals surface area contributed by atoms with E-state index in [4.69, 9.17) is 0 Å². The first-order valence-electron chi connectivity index (χ1n) is 11.7. The second-order valence-corrected chi connectivity index (χ2v) is 9.56. The summed E-state index contributed by atoms with van der Waals surface area (Å²) >= 11 is 0. The first-order valence-corrected chi connectivity index (χ1v) is 11.7. The molecule has 1 unspecified atom stereocenters. The highest BCUT2D eigenvalue weighted by Crippen LogP contribution is 2.36. The minimum absolute atomic E-state index is 0.00937. The van der Waals surface area contributed by atoms with Crippen LogP contribution in [0.15, 0.2) is 48.6 Å². The lowest BCUT2D eigenvalue weighted by Crippen LogP contribution is -2.66. The summed E-state index contributed by atoms with van der Waals surface area (Å²) in [5, 5.41) is 66.1. The van der Waals surface area contributed by atoms with E-state index >= 15 is 0 Å². The average molecular weight is 473 g/mol. The molecule has 2 aromatic rings. The fraction of sp³-hybridized carbons (Fsp3) is 0.500. The Hall–Kier alpha value is -2.06. The number of hydrogen-bond acceptors (Lipinski definition) is 6. The van der Waals surface area contributed by atoms with Gasteiger partial charge in [-0.3, -0.25) is 0 Å². The van der Waals surface area contributed by atoms with Gasteiger partial charge in [0.1, 0.15) is 29.5 Å². The summed E-state index contributed by atoms with van der Waals surface area (Å²) in [6.07, 6.45) is -2.24. The molecule has 34 heavy (non-hydrogen) atoms. The minimum atomic E-state index is -2.36. The van der Waals surface area contributed by atoms with E-state index < -0.39 is 36.1 Å². The van der Waals surface area contributed by atoms with Gasteiger partial charge in [0.25, 0.3) is 0 Å². The molecule has 0 aliphatic heterocycles.